The molecule has 0 heterocycles. The van der Waals surface area contributed by atoms with E-state index >= 15 is 0 Å². The van der Waals surface area contributed by atoms with Crippen molar-refractivity contribution in [2.75, 3.05) is 14.1 Å². The topological polar surface area (TPSA) is 32.3 Å². The number of carbonyl (C=O) groups is 1. The first-order chi connectivity index (χ1) is 6.15. The van der Waals surface area contributed by atoms with Gasteiger partial charge in [-0.3, -0.25) is 9.69 Å². The van der Waals surface area contributed by atoms with Crippen LogP contribution in [0.5, 0.6) is 0 Å². The van der Waals surface area contributed by atoms with Gasteiger partial charge >= 0.3 is 0 Å². The van der Waals surface area contributed by atoms with Gasteiger partial charge in [-0.2, -0.15) is 0 Å². The van der Waals surface area contributed by atoms with Crippen LogP contribution in [0.25, 0.3) is 0 Å². The van der Waals surface area contributed by atoms with E-state index in [0.717, 1.165) is 0 Å². The Kier molecular flexibility index (Phi) is 4.59. The highest BCUT2D eigenvalue weighted by atomic mass is 16.2. The van der Waals surface area contributed by atoms with E-state index in [4.69, 9.17) is 0 Å². The molecule has 0 aliphatic carbocycles. The summed E-state index contributed by atoms with van der Waals surface area (Å²) in [6.45, 7) is 10.1. The summed E-state index contributed by atoms with van der Waals surface area (Å²) < 4.78 is 0. The van der Waals surface area contributed by atoms with Crippen molar-refractivity contribution in [2.24, 2.45) is 5.92 Å². The smallest absolute Gasteiger partial charge is 0.238 e. The van der Waals surface area contributed by atoms with Crippen LogP contribution in [0.4, 0.5) is 0 Å². The first-order valence-electron chi connectivity index (χ1n) is 5.13. The fraction of sp³-hybridized carbons (Fsp3) is 0.909. The molecule has 1 unspecified atom stereocenters. The van der Waals surface area contributed by atoms with Gasteiger partial charge in [-0.1, -0.05) is 13.8 Å². The molecule has 84 valence electrons. The number of nitrogens with zero attached hydrogens (tertiary/aromatic N) is 1. The molecule has 0 fully saturated rings. The van der Waals surface area contributed by atoms with E-state index in [0.29, 0.717) is 5.92 Å². The van der Waals surface area contributed by atoms with Crippen molar-refractivity contribution in [3.05, 3.63) is 0 Å². The number of hydrogen-bond donors (Lipinski definition) is 1. The molecule has 0 radical (unpaired) electrons. The van der Waals surface area contributed by atoms with Gasteiger partial charge < -0.3 is 5.32 Å². The van der Waals surface area contributed by atoms with E-state index in [-0.39, 0.29) is 17.5 Å². The zero-order valence-corrected chi connectivity index (χ0v) is 10.5. The van der Waals surface area contributed by atoms with Crippen molar-refractivity contribution >= 4 is 5.91 Å². The molecule has 3 nitrogen and oxygen atoms in total. The van der Waals surface area contributed by atoms with E-state index in [1.165, 1.54) is 0 Å². The van der Waals surface area contributed by atoms with Crippen molar-refractivity contribution in [1.29, 1.82) is 0 Å². The molecule has 0 saturated heterocycles. The average molecular weight is 200 g/mol. The largest absolute Gasteiger partial charge is 0.350 e. The molecule has 3 heteroatoms. The number of hydrogen-bond acceptors (Lipinski definition) is 2. The van der Waals surface area contributed by atoms with E-state index in [2.05, 4.69) is 19.2 Å². The number of carbonyl (C=O) groups excluding carboxylic acids is 1. The lowest BCUT2D eigenvalue weighted by Gasteiger charge is -2.30. The Bertz CT molecular complexity index is 184. The summed E-state index contributed by atoms with van der Waals surface area (Å²) in [5.74, 6) is 0.435. The quantitative estimate of drug-likeness (QED) is 0.748. The van der Waals surface area contributed by atoms with Gasteiger partial charge in [0.25, 0.3) is 0 Å². The highest BCUT2D eigenvalue weighted by Crippen LogP contribution is 2.09. The van der Waals surface area contributed by atoms with Gasteiger partial charge in [0.15, 0.2) is 0 Å². The minimum absolute atomic E-state index is 0.0470. The van der Waals surface area contributed by atoms with Crippen LogP contribution in [0.1, 0.15) is 34.6 Å². The van der Waals surface area contributed by atoms with Crippen LogP contribution in [0, 0.1) is 5.92 Å². The first-order valence-corrected chi connectivity index (χ1v) is 5.13. The molecule has 1 N–H and O–H groups in total. The van der Waals surface area contributed by atoms with Crippen molar-refractivity contribution in [2.45, 2.75) is 46.2 Å². The second-order valence-corrected chi connectivity index (χ2v) is 5.39. The molecule has 0 rings (SSSR count). The van der Waals surface area contributed by atoms with Gasteiger partial charge in [0.1, 0.15) is 0 Å². The van der Waals surface area contributed by atoms with Crippen molar-refractivity contribution in [3.8, 4) is 0 Å². The van der Waals surface area contributed by atoms with Crippen LogP contribution in [0.3, 0.4) is 0 Å². The second kappa shape index (κ2) is 4.78. The normalized spacial score (nSPS) is 14.6. The third-order valence-electron chi connectivity index (χ3n) is 1.95. The summed E-state index contributed by atoms with van der Waals surface area (Å²) in [7, 11) is 3.87. The minimum atomic E-state index is -0.153. The SMILES string of the molecule is CC(C)C(C(=O)NC(C)(C)C)N(C)C. The second-order valence-electron chi connectivity index (χ2n) is 5.39. The van der Waals surface area contributed by atoms with Crippen molar-refractivity contribution in [3.63, 3.8) is 0 Å². The van der Waals surface area contributed by atoms with E-state index in [1.54, 1.807) is 0 Å². The van der Waals surface area contributed by atoms with E-state index < -0.39 is 0 Å². The molecule has 1 amide bonds. The summed E-state index contributed by atoms with van der Waals surface area (Å²) in [6.07, 6.45) is 0. The standard InChI is InChI=1S/C11H24N2O/c1-8(2)9(13(6)7)10(14)12-11(3,4)5/h8-9H,1-7H3,(H,12,14). The zero-order chi connectivity index (χ0) is 11.5. The Labute approximate surface area is 87.9 Å². The Morgan fingerprint density at radius 1 is 1.21 bits per heavy atom. The molecular weight excluding hydrogens is 176 g/mol. The Morgan fingerprint density at radius 2 is 1.64 bits per heavy atom. The van der Waals surface area contributed by atoms with Crippen LogP contribution in [0.15, 0.2) is 0 Å². The summed E-state index contributed by atoms with van der Waals surface area (Å²) in [5, 5.41) is 3.00. The number of rotatable bonds is 3. The maximum atomic E-state index is 11.9. The third-order valence-corrected chi connectivity index (χ3v) is 1.95. The van der Waals surface area contributed by atoms with Crippen LogP contribution in [-0.2, 0) is 4.79 Å². The predicted octanol–water partition coefficient (Wildman–Crippen LogP) is 1.49. The molecule has 0 saturated carbocycles. The Hall–Kier alpha value is -0.570. The van der Waals surface area contributed by atoms with E-state index in [9.17, 15) is 4.79 Å². The minimum Gasteiger partial charge on any atom is -0.350 e. The molecule has 14 heavy (non-hydrogen) atoms. The first kappa shape index (κ1) is 13.4. The van der Waals surface area contributed by atoms with Gasteiger partial charge in [-0.05, 0) is 40.8 Å². The van der Waals surface area contributed by atoms with Gasteiger partial charge in [0.2, 0.25) is 5.91 Å². The molecule has 0 aromatic heterocycles. The van der Waals surface area contributed by atoms with Crippen LogP contribution < -0.4 is 5.32 Å². The number of nitrogens with one attached hydrogen (secondary N) is 1. The van der Waals surface area contributed by atoms with Gasteiger partial charge in [-0.25, -0.2) is 0 Å². The molecule has 0 aromatic rings. The third kappa shape index (κ3) is 4.61. The lowest BCUT2D eigenvalue weighted by molar-refractivity contribution is -0.128. The molecule has 0 aromatic carbocycles. The molecule has 0 spiro atoms. The van der Waals surface area contributed by atoms with Crippen LogP contribution in [-0.4, -0.2) is 36.5 Å². The summed E-state index contributed by atoms with van der Waals surface area (Å²) in [4.78, 5) is 13.9. The molecular formula is C11H24N2O. The van der Waals surface area contributed by atoms with Crippen LogP contribution >= 0.6 is 0 Å². The maximum absolute atomic E-state index is 11.9. The van der Waals surface area contributed by atoms with Crippen molar-refractivity contribution < 1.29 is 4.79 Å². The number of amides is 1. The lowest BCUT2D eigenvalue weighted by Crippen LogP contribution is -2.52. The highest BCUT2D eigenvalue weighted by Gasteiger charge is 2.26. The number of likely N-dealkylation sites (N-methyl/N-ethyl adjacent to an activating group) is 1. The average Bonchev–Trinajstić information content (AvgIpc) is 1.78. The molecule has 1 atom stereocenters. The predicted molar refractivity (Wildman–Crippen MR) is 60.2 cm³/mol. The summed E-state index contributed by atoms with van der Waals surface area (Å²) >= 11 is 0. The Balaban J connectivity index is 4.47. The van der Waals surface area contributed by atoms with Crippen LogP contribution in [0.2, 0.25) is 0 Å². The monoisotopic (exact) mass is 200 g/mol. The molecule has 0 aliphatic rings. The van der Waals surface area contributed by atoms with Crippen molar-refractivity contribution in [1.82, 2.24) is 10.2 Å². The fourth-order valence-corrected chi connectivity index (χ4v) is 1.58. The highest BCUT2D eigenvalue weighted by molar-refractivity contribution is 5.82. The van der Waals surface area contributed by atoms with Gasteiger partial charge in [-0.15, -0.1) is 0 Å². The summed E-state index contributed by atoms with van der Waals surface area (Å²) in [5.41, 5.74) is -0.153. The fourth-order valence-electron chi connectivity index (χ4n) is 1.58. The summed E-state index contributed by atoms with van der Waals surface area (Å²) in [6, 6.07) is -0.0470. The maximum Gasteiger partial charge on any atom is 0.238 e. The van der Waals surface area contributed by atoms with Gasteiger partial charge in [0.05, 0.1) is 6.04 Å². The zero-order valence-electron chi connectivity index (χ0n) is 10.5. The molecule has 0 aliphatic heterocycles. The lowest BCUT2D eigenvalue weighted by atomic mass is 10.0. The molecule has 0 bridgehead atoms. The Morgan fingerprint density at radius 3 is 1.86 bits per heavy atom. The van der Waals surface area contributed by atoms with Gasteiger partial charge in [0, 0.05) is 5.54 Å². The van der Waals surface area contributed by atoms with E-state index in [1.807, 2.05) is 39.8 Å².